The van der Waals surface area contributed by atoms with Crippen LogP contribution in [0.3, 0.4) is 0 Å². The lowest BCUT2D eigenvalue weighted by molar-refractivity contribution is -0.182. The zero-order chi connectivity index (χ0) is 18.9. The number of fused-ring (bicyclic) bond motifs is 1. The maximum atomic E-state index is 12.8. The number of likely N-dealkylation sites (tertiary alicyclic amines) is 1. The fourth-order valence-electron chi connectivity index (χ4n) is 4.02. The lowest BCUT2D eigenvalue weighted by Crippen LogP contribution is -2.55. The van der Waals surface area contributed by atoms with Gasteiger partial charge in [0.25, 0.3) is 0 Å². The number of esters is 1. The van der Waals surface area contributed by atoms with Crippen molar-refractivity contribution < 1.29 is 24.2 Å². The van der Waals surface area contributed by atoms with Crippen LogP contribution in [0.5, 0.6) is 0 Å². The molecule has 1 saturated heterocycles. The number of amides is 1. The van der Waals surface area contributed by atoms with E-state index >= 15 is 0 Å². The molecule has 0 spiro atoms. The van der Waals surface area contributed by atoms with Gasteiger partial charge in [0, 0.05) is 19.7 Å². The minimum Gasteiger partial charge on any atom is -0.459 e. The maximum absolute atomic E-state index is 12.8. The van der Waals surface area contributed by atoms with Crippen molar-refractivity contribution in [2.24, 2.45) is 17.3 Å². The molecule has 3 rings (SSSR count). The Labute approximate surface area is 154 Å². The van der Waals surface area contributed by atoms with Gasteiger partial charge in [0.05, 0.1) is 5.41 Å². The van der Waals surface area contributed by atoms with E-state index in [2.05, 4.69) is 0 Å². The molecule has 0 unspecified atom stereocenters. The molecule has 142 valence electrons. The normalized spacial score (nSPS) is 27.5. The fraction of sp³-hybridized carbons (Fsp3) is 0.600. The van der Waals surface area contributed by atoms with Gasteiger partial charge in [-0.1, -0.05) is 30.3 Å². The van der Waals surface area contributed by atoms with Crippen molar-refractivity contribution in [3.8, 4) is 0 Å². The SMILES string of the molecule is CC(C)(C)OC(=O)[C@@]12C[C@H](CO)[C@@H]1CN(C(=O)OCc1ccccc1)C2. The van der Waals surface area contributed by atoms with Gasteiger partial charge in [-0.25, -0.2) is 4.79 Å². The lowest BCUT2D eigenvalue weighted by atomic mass is 9.55. The van der Waals surface area contributed by atoms with E-state index in [9.17, 15) is 14.7 Å². The first-order chi connectivity index (χ1) is 12.2. The number of ether oxygens (including phenoxy) is 2. The number of carbonyl (C=O) groups is 2. The summed E-state index contributed by atoms with van der Waals surface area (Å²) in [5.74, 6) is -0.334. The summed E-state index contributed by atoms with van der Waals surface area (Å²) in [6, 6.07) is 9.48. The highest BCUT2D eigenvalue weighted by molar-refractivity contribution is 5.82. The summed E-state index contributed by atoms with van der Waals surface area (Å²) >= 11 is 0. The summed E-state index contributed by atoms with van der Waals surface area (Å²) in [7, 11) is 0. The topological polar surface area (TPSA) is 76.1 Å². The molecule has 0 aromatic heterocycles. The largest absolute Gasteiger partial charge is 0.459 e. The fourth-order valence-corrected chi connectivity index (χ4v) is 4.02. The van der Waals surface area contributed by atoms with Gasteiger partial charge in [0.15, 0.2) is 0 Å². The van der Waals surface area contributed by atoms with E-state index in [1.54, 1.807) is 4.90 Å². The molecular formula is C20H27NO5. The molecule has 1 aliphatic carbocycles. The molecule has 2 fully saturated rings. The Balaban J connectivity index is 1.66. The number of hydrogen-bond donors (Lipinski definition) is 1. The van der Waals surface area contributed by atoms with E-state index in [0.29, 0.717) is 13.0 Å². The number of rotatable bonds is 4. The molecule has 1 heterocycles. The Morgan fingerprint density at radius 2 is 1.96 bits per heavy atom. The summed E-state index contributed by atoms with van der Waals surface area (Å²) in [5.41, 5.74) is -0.382. The molecule has 1 aromatic carbocycles. The Morgan fingerprint density at radius 1 is 1.27 bits per heavy atom. The predicted molar refractivity (Wildman–Crippen MR) is 95.2 cm³/mol. The van der Waals surface area contributed by atoms with E-state index in [-0.39, 0.29) is 37.6 Å². The van der Waals surface area contributed by atoms with E-state index in [4.69, 9.17) is 9.47 Å². The Bertz CT molecular complexity index is 669. The summed E-state index contributed by atoms with van der Waals surface area (Å²) < 4.78 is 11.0. The van der Waals surface area contributed by atoms with Crippen LogP contribution in [-0.4, -0.2) is 47.4 Å². The second-order valence-corrected chi connectivity index (χ2v) is 8.33. The molecule has 0 radical (unpaired) electrons. The van der Waals surface area contributed by atoms with Crippen molar-refractivity contribution in [3.05, 3.63) is 35.9 Å². The van der Waals surface area contributed by atoms with Crippen LogP contribution in [0.2, 0.25) is 0 Å². The molecule has 0 bridgehead atoms. The predicted octanol–water partition coefficient (Wildman–Crippen LogP) is 2.60. The van der Waals surface area contributed by atoms with Crippen molar-refractivity contribution in [3.63, 3.8) is 0 Å². The van der Waals surface area contributed by atoms with Gasteiger partial charge >= 0.3 is 12.1 Å². The van der Waals surface area contributed by atoms with Crippen molar-refractivity contribution >= 4 is 12.1 Å². The molecule has 6 nitrogen and oxygen atoms in total. The van der Waals surface area contributed by atoms with Crippen LogP contribution in [0, 0.1) is 17.3 Å². The summed E-state index contributed by atoms with van der Waals surface area (Å²) in [6.45, 7) is 6.42. The zero-order valence-corrected chi connectivity index (χ0v) is 15.6. The van der Waals surface area contributed by atoms with E-state index in [1.807, 2.05) is 51.1 Å². The standard InChI is InChI=1S/C20H27NO5/c1-19(2,3)26-17(23)20-9-15(11-22)16(20)10-21(13-20)18(24)25-12-14-7-5-4-6-8-14/h4-8,15-16,22H,9-13H2,1-3H3/t15-,16+,20-/m1/s1. The van der Waals surface area contributed by atoms with Gasteiger partial charge in [-0.05, 0) is 44.6 Å². The van der Waals surface area contributed by atoms with E-state index in [1.165, 1.54) is 0 Å². The number of hydrogen-bond acceptors (Lipinski definition) is 5. The Hall–Kier alpha value is -2.08. The smallest absolute Gasteiger partial charge is 0.410 e. The van der Waals surface area contributed by atoms with Gasteiger partial charge in [-0.3, -0.25) is 4.79 Å². The lowest BCUT2D eigenvalue weighted by Gasteiger charge is -2.48. The van der Waals surface area contributed by atoms with Gasteiger partial charge in [-0.2, -0.15) is 0 Å². The van der Waals surface area contributed by atoms with Crippen LogP contribution in [0.25, 0.3) is 0 Å². The third-order valence-corrected chi connectivity index (χ3v) is 5.30. The third kappa shape index (κ3) is 3.56. The van der Waals surface area contributed by atoms with Gasteiger partial charge < -0.3 is 19.5 Å². The van der Waals surface area contributed by atoms with Crippen LogP contribution >= 0.6 is 0 Å². The molecule has 26 heavy (non-hydrogen) atoms. The first-order valence-electron chi connectivity index (χ1n) is 9.05. The summed E-state index contributed by atoms with van der Waals surface area (Å²) in [5, 5.41) is 9.55. The number of benzene rings is 1. The van der Waals surface area contributed by atoms with Gasteiger partial charge in [-0.15, -0.1) is 0 Å². The average molecular weight is 361 g/mol. The molecule has 1 amide bonds. The second kappa shape index (κ2) is 6.91. The number of aliphatic hydroxyl groups excluding tert-OH is 1. The monoisotopic (exact) mass is 361 g/mol. The number of nitrogens with zero attached hydrogens (tertiary/aromatic N) is 1. The Kier molecular flexibility index (Phi) is 4.97. The highest BCUT2D eigenvalue weighted by atomic mass is 16.6. The van der Waals surface area contributed by atoms with Crippen LogP contribution in [0.1, 0.15) is 32.8 Å². The maximum Gasteiger partial charge on any atom is 0.410 e. The highest BCUT2D eigenvalue weighted by Gasteiger charge is 2.65. The molecule has 3 atom stereocenters. The van der Waals surface area contributed by atoms with Gasteiger partial charge in [0.2, 0.25) is 0 Å². The minimum atomic E-state index is -0.716. The van der Waals surface area contributed by atoms with E-state index in [0.717, 1.165) is 5.56 Å². The first-order valence-corrected chi connectivity index (χ1v) is 9.05. The second-order valence-electron chi connectivity index (χ2n) is 8.33. The number of carbonyl (C=O) groups excluding carboxylic acids is 2. The van der Waals surface area contributed by atoms with Crippen LogP contribution in [-0.2, 0) is 20.9 Å². The van der Waals surface area contributed by atoms with Crippen LogP contribution < -0.4 is 0 Å². The number of aliphatic hydroxyl groups is 1. The quantitative estimate of drug-likeness (QED) is 0.834. The van der Waals surface area contributed by atoms with Gasteiger partial charge in [0.1, 0.15) is 12.2 Å². The van der Waals surface area contributed by atoms with Crippen molar-refractivity contribution in [2.75, 3.05) is 19.7 Å². The van der Waals surface area contributed by atoms with Crippen LogP contribution in [0.15, 0.2) is 30.3 Å². The summed E-state index contributed by atoms with van der Waals surface area (Å²) in [6.07, 6.45) is 0.119. The molecule has 1 aromatic rings. The average Bonchev–Trinajstić information content (AvgIpc) is 2.87. The molecular weight excluding hydrogens is 334 g/mol. The van der Waals surface area contributed by atoms with E-state index < -0.39 is 17.1 Å². The first kappa shape index (κ1) is 18.7. The van der Waals surface area contributed by atoms with Crippen molar-refractivity contribution in [1.29, 1.82) is 0 Å². The molecule has 2 aliphatic rings. The molecule has 1 aliphatic heterocycles. The summed E-state index contributed by atoms with van der Waals surface area (Å²) in [4.78, 5) is 26.8. The van der Waals surface area contributed by atoms with Crippen molar-refractivity contribution in [2.45, 2.75) is 39.4 Å². The third-order valence-electron chi connectivity index (χ3n) is 5.30. The molecule has 1 saturated carbocycles. The minimum absolute atomic E-state index is 0.0160. The van der Waals surface area contributed by atoms with Crippen LogP contribution in [0.4, 0.5) is 4.79 Å². The molecule has 6 heteroatoms. The van der Waals surface area contributed by atoms with Crippen molar-refractivity contribution in [1.82, 2.24) is 4.90 Å². The zero-order valence-electron chi connectivity index (χ0n) is 15.6. The Morgan fingerprint density at radius 3 is 2.58 bits per heavy atom. The molecule has 1 N–H and O–H groups in total. The highest BCUT2D eigenvalue weighted by Crippen LogP contribution is 2.56.